The van der Waals surface area contributed by atoms with E-state index >= 15 is 0 Å². The first kappa shape index (κ1) is 7.90. The molecule has 4 N–H and O–H groups in total. The Morgan fingerprint density at radius 2 is 2.17 bits per heavy atom. The summed E-state index contributed by atoms with van der Waals surface area (Å²) in [6, 6.07) is 3.27. The molecule has 58 valence electrons. The van der Waals surface area contributed by atoms with Gasteiger partial charge in [-0.2, -0.15) is 5.26 Å². The fourth-order valence-electron chi connectivity index (χ4n) is 0.661. The Labute approximate surface area is 69.8 Å². The van der Waals surface area contributed by atoms with Gasteiger partial charge in [-0.05, 0) is 12.0 Å². The number of hydrogen-bond donors (Lipinski definition) is 2. The highest BCUT2D eigenvalue weighted by molar-refractivity contribution is 5.60. The van der Waals surface area contributed by atoms with Gasteiger partial charge < -0.3 is 11.5 Å². The molecule has 0 fully saturated rings. The zero-order valence-electron chi connectivity index (χ0n) is 6.20. The monoisotopic (exact) mass is 158 g/mol. The van der Waals surface area contributed by atoms with Crippen LogP contribution in [0.3, 0.4) is 0 Å². The average Bonchev–Trinajstić information content (AvgIpc) is 2.07. The molecule has 1 heterocycles. The zero-order chi connectivity index (χ0) is 8.97. The number of nitrogens with two attached hydrogens (primary N) is 2. The van der Waals surface area contributed by atoms with Crippen LogP contribution in [0.2, 0.25) is 0 Å². The number of anilines is 2. The lowest BCUT2D eigenvalue weighted by molar-refractivity contribution is 1.32. The molecule has 0 saturated carbocycles. The minimum atomic E-state index is 0.275. The Bertz CT molecular complexity index is 392. The molecule has 1 aromatic heterocycles. The Morgan fingerprint density at radius 1 is 1.42 bits per heavy atom. The van der Waals surface area contributed by atoms with E-state index in [-0.39, 0.29) is 5.82 Å². The van der Waals surface area contributed by atoms with Gasteiger partial charge >= 0.3 is 0 Å². The van der Waals surface area contributed by atoms with Gasteiger partial charge in [-0.25, -0.2) is 4.98 Å². The van der Waals surface area contributed by atoms with Crippen molar-refractivity contribution in [3.05, 3.63) is 17.8 Å². The van der Waals surface area contributed by atoms with Crippen LogP contribution in [0.4, 0.5) is 11.5 Å². The van der Waals surface area contributed by atoms with Gasteiger partial charge in [0, 0.05) is 17.7 Å². The van der Waals surface area contributed by atoms with Gasteiger partial charge in [-0.1, -0.05) is 0 Å². The summed E-state index contributed by atoms with van der Waals surface area (Å²) in [6.07, 6.45) is 1.47. The van der Waals surface area contributed by atoms with Gasteiger partial charge in [0.2, 0.25) is 0 Å². The summed E-state index contributed by atoms with van der Waals surface area (Å²) in [4.78, 5) is 3.77. The lowest BCUT2D eigenvalue weighted by Crippen LogP contribution is -1.97. The first-order valence-corrected chi connectivity index (χ1v) is 3.15. The van der Waals surface area contributed by atoms with E-state index in [0.717, 1.165) is 0 Å². The Morgan fingerprint density at radius 3 is 2.75 bits per heavy atom. The SMILES string of the molecule is N#CC#Cc1cnc(N)c(N)c1. The Hall–Kier alpha value is -2.20. The van der Waals surface area contributed by atoms with Crippen molar-refractivity contribution >= 4 is 11.5 Å². The van der Waals surface area contributed by atoms with E-state index in [0.29, 0.717) is 11.3 Å². The molecule has 0 amide bonds. The maximum absolute atomic E-state index is 8.15. The van der Waals surface area contributed by atoms with Crippen LogP contribution in [0.25, 0.3) is 0 Å². The predicted octanol–water partition coefficient (Wildman–Crippen LogP) is 0.121. The normalized spacial score (nSPS) is 7.92. The van der Waals surface area contributed by atoms with Gasteiger partial charge in [-0.15, -0.1) is 0 Å². The molecule has 4 heteroatoms. The molecule has 1 aromatic rings. The van der Waals surface area contributed by atoms with E-state index in [1.165, 1.54) is 6.20 Å². The second-order valence-electron chi connectivity index (χ2n) is 2.06. The van der Waals surface area contributed by atoms with Crippen LogP contribution in [-0.2, 0) is 0 Å². The molecular weight excluding hydrogens is 152 g/mol. The van der Waals surface area contributed by atoms with Crippen molar-refractivity contribution in [2.45, 2.75) is 0 Å². The smallest absolute Gasteiger partial charge is 0.152 e. The Balaban J connectivity index is 3.07. The number of nitrogen functional groups attached to an aromatic ring is 2. The number of nitriles is 1. The van der Waals surface area contributed by atoms with Crippen molar-refractivity contribution < 1.29 is 0 Å². The van der Waals surface area contributed by atoms with Crippen molar-refractivity contribution in [3.63, 3.8) is 0 Å². The highest BCUT2D eigenvalue weighted by atomic mass is 14.9. The van der Waals surface area contributed by atoms with Crippen LogP contribution in [0.5, 0.6) is 0 Å². The molecular formula is C8H6N4. The molecule has 0 bridgehead atoms. The van der Waals surface area contributed by atoms with Crippen LogP contribution in [0, 0.1) is 23.2 Å². The maximum Gasteiger partial charge on any atom is 0.152 e. The van der Waals surface area contributed by atoms with Crippen LogP contribution < -0.4 is 11.5 Å². The van der Waals surface area contributed by atoms with Crippen molar-refractivity contribution in [2.24, 2.45) is 0 Å². The van der Waals surface area contributed by atoms with Crippen LogP contribution in [-0.4, -0.2) is 4.98 Å². The molecule has 12 heavy (non-hydrogen) atoms. The van der Waals surface area contributed by atoms with Crippen LogP contribution >= 0.6 is 0 Å². The summed E-state index contributed by atoms with van der Waals surface area (Å²) in [7, 11) is 0. The highest BCUT2D eigenvalue weighted by Gasteiger charge is 1.94. The third-order valence-electron chi connectivity index (χ3n) is 1.21. The molecule has 0 unspecified atom stereocenters. The van der Waals surface area contributed by atoms with Crippen molar-refractivity contribution in [1.29, 1.82) is 5.26 Å². The second-order valence-corrected chi connectivity index (χ2v) is 2.06. The number of aromatic nitrogens is 1. The third-order valence-corrected chi connectivity index (χ3v) is 1.21. The van der Waals surface area contributed by atoms with Crippen LogP contribution in [0.1, 0.15) is 5.56 Å². The molecule has 0 spiro atoms. The molecule has 0 radical (unpaired) electrons. The van der Waals surface area contributed by atoms with E-state index in [1.807, 2.05) is 0 Å². The third kappa shape index (κ3) is 1.65. The summed E-state index contributed by atoms with van der Waals surface area (Å²) in [5.74, 6) is 5.06. The molecule has 0 aromatic carbocycles. The molecule has 0 aliphatic rings. The zero-order valence-corrected chi connectivity index (χ0v) is 6.20. The van der Waals surface area contributed by atoms with E-state index in [2.05, 4.69) is 16.8 Å². The molecule has 0 saturated heterocycles. The first-order valence-electron chi connectivity index (χ1n) is 3.15. The van der Waals surface area contributed by atoms with E-state index in [1.54, 1.807) is 12.1 Å². The Kier molecular flexibility index (Phi) is 2.15. The number of nitrogens with zero attached hydrogens (tertiary/aromatic N) is 2. The minimum Gasteiger partial charge on any atom is -0.396 e. The second kappa shape index (κ2) is 3.27. The van der Waals surface area contributed by atoms with Crippen molar-refractivity contribution in [3.8, 4) is 17.9 Å². The van der Waals surface area contributed by atoms with Gasteiger partial charge in [-0.3, -0.25) is 0 Å². The lowest BCUT2D eigenvalue weighted by atomic mass is 10.2. The highest BCUT2D eigenvalue weighted by Crippen LogP contribution is 2.10. The largest absolute Gasteiger partial charge is 0.396 e. The first-order chi connectivity index (χ1) is 5.74. The summed E-state index contributed by atoms with van der Waals surface area (Å²) in [6.45, 7) is 0. The maximum atomic E-state index is 8.15. The molecule has 0 aliphatic carbocycles. The van der Waals surface area contributed by atoms with Crippen molar-refractivity contribution in [1.82, 2.24) is 4.98 Å². The topological polar surface area (TPSA) is 88.7 Å². The van der Waals surface area contributed by atoms with Gasteiger partial charge in [0.25, 0.3) is 0 Å². The summed E-state index contributed by atoms with van der Waals surface area (Å²) >= 11 is 0. The summed E-state index contributed by atoms with van der Waals surface area (Å²) < 4.78 is 0. The van der Waals surface area contributed by atoms with Gasteiger partial charge in [0.15, 0.2) is 6.07 Å². The lowest BCUT2D eigenvalue weighted by Gasteiger charge is -1.96. The average molecular weight is 158 g/mol. The quantitative estimate of drug-likeness (QED) is 0.525. The summed E-state index contributed by atoms with van der Waals surface area (Å²) in [5.41, 5.74) is 11.8. The van der Waals surface area contributed by atoms with Crippen LogP contribution in [0.15, 0.2) is 12.3 Å². The fourth-order valence-corrected chi connectivity index (χ4v) is 0.661. The molecule has 4 nitrogen and oxygen atoms in total. The van der Waals surface area contributed by atoms with E-state index in [9.17, 15) is 0 Å². The number of pyridine rings is 1. The number of hydrogen-bond acceptors (Lipinski definition) is 4. The van der Waals surface area contributed by atoms with Gasteiger partial charge in [0.05, 0.1) is 5.69 Å². The van der Waals surface area contributed by atoms with E-state index in [4.69, 9.17) is 16.7 Å². The standard InChI is InChI=1S/C8H6N4/c9-3-1-2-6-4-7(10)8(11)12-5-6/h4-5H,10H2,(H2,11,12). The number of rotatable bonds is 0. The fraction of sp³-hybridized carbons (Fsp3) is 0. The predicted molar refractivity (Wildman–Crippen MR) is 45.6 cm³/mol. The summed E-state index contributed by atoms with van der Waals surface area (Å²) in [5, 5.41) is 8.15. The minimum absolute atomic E-state index is 0.275. The molecule has 0 aliphatic heterocycles. The van der Waals surface area contributed by atoms with Crippen molar-refractivity contribution in [2.75, 3.05) is 11.5 Å². The van der Waals surface area contributed by atoms with E-state index < -0.39 is 0 Å². The molecule has 1 rings (SSSR count). The molecule has 0 atom stereocenters. The van der Waals surface area contributed by atoms with Gasteiger partial charge in [0.1, 0.15) is 5.82 Å².